The van der Waals surface area contributed by atoms with Gasteiger partial charge in [-0.15, -0.1) is 0 Å². The fourth-order valence-electron chi connectivity index (χ4n) is 2.59. The first-order valence-corrected chi connectivity index (χ1v) is 6.14. The van der Waals surface area contributed by atoms with Gasteiger partial charge in [0, 0.05) is 24.1 Å². The highest BCUT2D eigenvalue weighted by molar-refractivity contribution is 5.37. The Morgan fingerprint density at radius 3 is 3.12 bits per heavy atom. The number of rotatable bonds is 1. The fraction of sp³-hybridized carbons (Fsp3) is 0.357. The van der Waals surface area contributed by atoms with E-state index in [0.29, 0.717) is 0 Å². The zero-order valence-corrected chi connectivity index (χ0v) is 10.1. The van der Waals surface area contributed by atoms with Gasteiger partial charge in [0.25, 0.3) is 0 Å². The lowest BCUT2D eigenvalue weighted by Crippen LogP contribution is -2.18. The van der Waals surface area contributed by atoms with Crippen LogP contribution in [0.5, 0.6) is 0 Å². The van der Waals surface area contributed by atoms with E-state index in [1.54, 1.807) is 0 Å². The van der Waals surface area contributed by atoms with Gasteiger partial charge in [0.15, 0.2) is 0 Å². The first-order chi connectivity index (χ1) is 8.25. The largest absolute Gasteiger partial charge is 0.324 e. The van der Waals surface area contributed by atoms with Crippen LogP contribution in [0.25, 0.3) is 5.82 Å². The highest BCUT2D eigenvalue weighted by Crippen LogP contribution is 2.30. The summed E-state index contributed by atoms with van der Waals surface area (Å²) in [6.07, 6.45) is 7.32. The molecule has 0 radical (unpaired) electrons. The van der Waals surface area contributed by atoms with E-state index in [2.05, 4.69) is 34.8 Å². The maximum atomic E-state index is 6.13. The Kier molecular flexibility index (Phi) is 2.48. The summed E-state index contributed by atoms with van der Waals surface area (Å²) in [6, 6.07) is 6.47. The third-order valence-corrected chi connectivity index (χ3v) is 3.50. The lowest BCUT2D eigenvalue weighted by molar-refractivity contribution is 0.559. The van der Waals surface area contributed by atoms with Gasteiger partial charge in [-0.25, -0.2) is 4.98 Å². The molecule has 1 unspecified atom stereocenters. The van der Waals surface area contributed by atoms with Crippen LogP contribution in [0.3, 0.4) is 0 Å². The Labute approximate surface area is 101 Å². The summed E-state index contributed by atoms with van der Waals surface area (Å²) >= 11 is 0. The van der Waals surface area contributed by atoms with E-state index in [0.717, 1.165) is 18.7 Å². The van der Waals surface area contributed by atoms with Crippen LogP contribution in [-0.4, -0.2) is 9.55 Å². The summed E-state index contributed by atoms with van der Waals surface area (Å²) in [5.74, 6) is 1.00. The van der Waals surface area contributed by atoms with Crippen molar-refractivity contribution in [1.82, 2.24) is 9.55 Å². The molecule has 0 bridgehead atoms. The van der Waals surface area contributed by atoms with Gasteiger partial charge in [0.2, 0.25) is 0 Å². The molecule has 0 saturated carbocycles. The Morgan fingerprint density at radius 2 is 2.29 bits per heavy atom. The summed E-state index contributed by atoms with van der Waals surface area (Å²) in [5, 5.41) is 0. The van der Waals surface area contributed by atoms with Crippen LogP contribution in [0.2, 0.25) is 0 Å². The van der Waals surface area contributed by atoms with E-state index in [1.807, 2.05) is 12.3 Å². The molecule has 0 fully saturated rings. The molecule has 1 atom stereocenters. The van der Waals surface area contributed by atoms with Crippen molar-refractivity contribution in [1.29, 1.82) is 0 Å². The third kappa shape index (κ3) is 1.76. The smallest absolute Gasteiger partial charge is 0.137 e. The molecule has 1 aliphatic carbocycles. The van der Waals surface area contributed by atoms with Crippen LogP contribution >= 0.6 is 0 Å². The molecule has 0 spiro atoms. The number of nitrogens with two attached hydrogens (primary N) is 1. The van der Waals surface area contributed by atoms with Gasteiger partial charge in [-0.3, -0.25) is 0 Å². The Hall–Kier alpha value is -1.61. The highest BCUT2D eigenvalue weighted by Gasteiger charge is 2.20. The minimum atomic E-state index is 0.199. The molecule has 17 heavy (non-hydrogen) atoms. The maximum absolute atomic E-state index is 6.13. The monoisotopic (exact) mass is 227 g/mol. The van der Waals surface area contributed by atoms with E-state index in [1.165, 1.54) is 23.2 Å². The van der Waals surface area contributed by atoms with Crippen molar-refractivity contribution in [3.8, 4) is 5.82 Å². The molecule has 2 aromatic rings. The second kappa shape index (κ2) is 4.00. The Bertz CT molecular complexity index is 542. The molecule has 2 N–H and O–H groups in total. The standard InChI is InChI=1S/C14H17N3/c1-10-5-7-16-14(9-10)17-8-6-11-12(15)3-2-4-13(11)17/h5-9,12H,2-4,15H2,1H3. The number of fused-ring (bicyclic) bond motifs is 1. The second-order valence-electron chi connectivity index (χ2n) is 4.78. The SMILES string of the molecule is Cc1ccnc(-n2ccc3c2CCCC3N)c1. The number of hydrogen-bond donors (Lipinski definition) is 1. The minimum Gasteiger partial charge on any atom is -0.324 e. The van der Waals surface area contributed by atoms with Gasteiger partial charge in [0.05, 0.1) is 0 Å². The molecule has 88 valence electrons. The molecule has 3 nitrogen and oxygen atoms in total. The number of aromatic nitrogens is 2. The fourth-order valence-corrected chi connectivity index (χ4v) is 2.59. The summed E-state index contributed by atoms with van der Waals surface area (Å²) in [7, 11) is 0. The summed E-state index contributed by atoms with van der Waals surface area (Å²) in [5.41, 5.74) is 9.99. The van der Waals surface area contributed by atoms with Crippen molar-refractivity contribution in [2.24, 2.45) is 5.73 Å². The predicted octanol–water partition coefficient (Wildman–Crippen LogP) is 2.52. The molecule has 0 aliphatic heterocycles. The predicted molar refractivity (Wildman–Crippen MR) is 68.2 cm³/mol. The van der Waals surface area contributed by atoms with Crippen LogP contribution in [0.4, 0.5) is 0 Å². The lowest BCUT2D eigenvalue weighted by atomic mass is 9.94. The van der Waals surface area contributed by atoms with Crippen molar-refractivity contribution in [3.05, 3.63) is 47.4 Å². The van der Waals surface area contributed by atoms with Gasteiger partial charge in [0.1, 0.15) is 5.82 Å². The van der Waals surface area contributed by atoms with E-state index in [9.17, 15) is 0 Å². The highest BCUT2D eigenvalue weighted by atomic mass is 15.1. The minimum absolute atomic E-state index is 0.199. The molecule has 3 heteroatoms. The van der Waals surface area contributed by atoms with Gasteiger partial charge in [-0.1, -0.05) is 0 Å². The molecule has 1 aliphatic rings. The summed E-state index contributed by atoms with van der Waals surface area (Å²) in [6.45, 7) is 2.09. The quantitative estimate of drug-likeness (QED) is 0.813. The third-order valence-electron chi connectivity index (χ3n) is 3.50. The molecule has 3 rings (SSSR count). The van der Waals surface area contributed by atoms with E-state index in [-0.39, 0.29) is 6.04 Å². The molecule has 2 heterocycles. The Morgan fingerprint density at radius 1 is 1.41 bits per heavy atom. The van der Waals surface area contributed by atoms with Crippen LogP contribution in [0.1, 0.15) is 35.7 Å². The molecular weight excluding hydrogens is 210 g/mol. The number of hydrogen-bond acceptors (Lipinski definition) is 2. The number of nitrogens with zero attached hydrogens (tertiary/aromatic N) is 2. The number of pyridine rings is 1. The first kappa shape index (κ1) is 10.5. The van der Waals surface area contributed by atoms with Gasteiger partial charge < -0.3 is 10.3 Å². The second-order valence-corrected chi connectivity index (χ2v) is 4.78. The first-order valence-electron chi connectivity index (χ1n) is 6.14. The van der Waals surface area contributed by atoms with Gasteiger partial charge in [-0.2, -0.15) is 0 Å². The molecule has 2 aromatic heterocycles. The lowest BCUT2D eigenvalue weighted by Gasteiger charge is -2.20. The average Bonchev–Trinajstić information content (AvgIpc) is 2.74. The van der Waals surface area contributed by atoms with Crippen LogP contribution in [-0.2, 0) is 6.42 Å². The van der Waals surface area contributed by atoms with Crippen molar-refractivity contribution in [2.75, 3.05) is 0 Å². The topological polar surface area (TPSA) is 43.8 Å². The zero-order valence-electron chi connectivity index (χ0n) is 10.1. The Balaban J connectivity index is 2.10. The van der Waals surface area contributed by atoms with Gasteiger partial charge >= 0.3 is 0 Å². The van der Waals surface area contributed by atoms with Crippen molar-refractivity contribution >= 4 is 0 Å². The molecule has 0 aromatic carbocycles. The normalized spacial score (nSPS) is 19.1. The summed E-state index contributed by atoms with van der Waals surface area (Å²) < 4.78 is 2.18. The molecule has 0 saturated heterocycles. The molecule has 0 amide bonds. The van der Waals surface area contributed by atoms with Crippen molar-refractivity contribution in [3.63, 3.8) is 0 Å². The number of aryl methyl sites for hydroxylation is 1. The van der Waals surface area contributed by atoms with E-state index >= 15 is 0 Å². The van der Waals surface area contributed by atoms with E-state index < -0.39 is 0 Å². The van der Waals surface area contributed by atoms with Crippen molar-refractivity contribution < 1.29 is 0 Å². The maximum Gasteiger partial charge on any atom is 0.137 e. The molecular formula is C14H17N3. The summed E-state index contributed by atoms with van der Waals surface area (Å²) in [4.78, 5) is 4.44. The van der Waals surface area contributed by atoms with Crippen molar-refractivity contribution in [2.45, 2.75) is 32.2 Å². The van der Waals surface area contributed by atoms with Crippen LogP contribution < -0.4 is 5.73 Å². The van der Waals surface area contributed by atoms with Crippen LogP contribution in [0, 0.1) is 6.92 Å². The van der Waals surface area contributed by atoms with Crippen LogP contribution in [0.15, 0.2) is 30.6 Å². The zero-order chi connectivity index (χ0) is 11.8. The van der Waals surface area contributed by atoms with E-state index in [4.69, 9.17) is 5.73 Å². The average molecular weight is 227 g/mol. The van der Waals surface area contributed by atoms with Gasteiger partial charge in [-0.05, 0) is 55.5 Å².